The number of hydrogen-bond acceptors (Lipinski definition) is 3. The third-order valence-electron chi connectivity index (χ3n) is 1.99. The van der Waals surface area contributed by atoms with E-state index in [1.165, 1.54) is 0 Å². The Balaban J connectivity index is 2.49. The van der Waals surface area contributed by atoms with Crippen LogP contribution in [-0.2, 0) is 9.53 Å². The number of allylic oxidation sites excluding steroid dienone is 1. The van der Waals surface area contributed by atoms with Crippen LogP contribution in [-0.4, -0.2) is 31.1 Å². The maximum Gasteiger partial charge on any atom is 0.332 e. The minimum atomic E-state index is -0.221. The molecule has 0 atom stereocenters. The molecule has 0 amide bonds. The highest BCUT2D eigenvalue weighted by molar-refractivity contribution is 5.82. The Labute approximate surface area is 73.0 Å². The second-order valence-electron chi connectivity index (χ2n) is 2.91. The molecule has 68 valence electrons. The first kappa shape index (κ1) is 9.10. The molecule has 0 aromatic heterocycles. The van der Waals surface area contributed by atoms with Gasteiger partial charge in [-0.2, -0.15) is 0 Å². The fourth-order valence-electron chi connectivity index (χ4n) is 1.33. The Kier molecular flexibility index (Phi) is 3.14. The molecule has 0 aliphatic carbocycles. The maximum absolute atomic E-state index is 11.0. The summed E-state index contributed by atoms with van der Waals surface area (Å²) in [5.74, 6) is -0.221. The monoisotopic (exact) mass is 169 g/mol. The van der Waals surface area contributed by atoms with Crippen molar-refractivity contribution in [2.45, 2.75) is 19.8 Å². The van der Waals surface area contributed by atoms with E-state index in [0.717, 1.165) is 25.1 Å². The second-order valence-corrected chi connectivity index (χ2v) is 2.91. The Bertz CT molecular complexity index is 199. The highest BCUT2D eigenvalue weighted by Crippen LogP contribution is 2.18. The Hall–Kier alpha value is -0.990. The zero-order valence-electron chi connectivity index (χ0n) is 7.67. The van der Waals surface area contributed by atoms with Gasteiger partial charge in [-0.3, -0.25) is 0 Å². The number of ether oxygens (including phenoxy) is 1. The molecule has 0 N–H and O–H groups in total. The summed E-state index contributed by atoms with van der Waals surface area (Å²) in [6, 6.07) is 0. The van der Waals surface area contributed by atoms with Crippen molar-refractivity contribution in [3.63, 3.8) is 0 Å². The molecular weight excluding hydrogens is 154 g/mol. The average molecular weight is 169 g/mol. The summed E-state index contributed by atoms with van der Waals surface area (Å²) in [5, 5.41) is 0. The fourth-order valence-corrected chi connectivity index (χ4v) is 1.33. The van der Waals surface area contributed by atoms with Crippen molar-refractivity contribution >= 4 is 5.97 Å². The zero-order chi connectivity index (χ0) is 8.97. The highest BCUT2D eigenvalue weighted by atomic mass is 16.5. The summed E-state index contributed by atoms with van der Waals surface area (Å²) in [4.78, 5) is 13.1. The first-order chi connectivity index (χ1) is 5.74. The van der Waals surface area contributed by atoms with Gasteiger partial charge in [-0.15, -0.1) is 0 Å². The van der Waals surface area contributed by atoms with Gasteiger partial charge in [-0.05, 0) is 19.8 Å². The molecule has 3 heteroatoms. The Morgan fingerprint density at radius 3 is 3.00 bits per heavy atom. The van der Waals surface area contributed by atoms with Crippen LogP contribution in [0.15, 0.2) is 11.8 Å². The molecule has 12 heavy (non-hydrogen) atoms. The van der Waals surface area contributed by atoms with Crippen LogP contribution in [0.1, 0.15) is 19.8 Å². The summed E-state index contributed by atoms with van der Waals surface area (Å²) >= 11 is 0. The molecule has 1 fully saturated rings. The van der Waals surface area contributed by atoms with Crippen molar-refractivity contribution in [1.82, 2.24) is 4.90 Å². The van der Waals surface area contributed by atoms with E-state index in [1.807, 2.05) is 14.0 Å². The van der Waals surface area contributed by atoms with Crippen molar-refractivity contribution in [3.8, 4) is 0 Å². The quantitative estimate of drug-likeness (QED) is 0.459. The average Bonchev–Trinajstić information content (AvgIpc) is 2.37. The molecule has 1 aliphatic heterocycles. The maximum atomic E-state index is 11.0. The van der Waals surface area contributed by atoms with Crippen molar-refractivity contribution in [2.75, 3.05) is 20.2 Å². The zero-order valence-corrected chi connectivity index (χ0v) is 7.67. The van der Waals surface area contributed by atoms with Crippen molar-refractivity contribution < 1.29 is 9.53 Å². The lowest BCUT2D eigenvalue weighted by Gasteiger charge is -2.11. The Morgan fingerprint density at radius 1 is 1.75 bits per heavy atom. The predicted octanol–water partition coefficient (Wildman–Crippen LogP) is 1.16. The van der Waals surface area contributed by atoms with Crippen molar-refractivity contribution in [3.05, 3.63) is 11.8 Å². The van der Waals surface area contributed by atoms with Gasteiger partial charge >= 0.3 is 5.97 Å². The molecule has 0 radical (unpaired) electrons. The van der Waals surface area contributed by atoms with Gasteiger partial charge in [-0.25, -0.2) is 4.79 Å². The minimum absolute atomic E-state index is 0.221. The second kappa shape index (κ2) is 4.14. The van der Waals surface area contributed by atoms with Gasteiger partial charge in [0.1, 0.15) is 0 Å². The van der Waals surface area contributed by atoms with E-state index in [1.54, 1.807) is 6.08 Å². The van der Waals surface area contributed by atoms with Gasteiger partial charge in [-0.1, -0.05) is 0 Å². The topological polar surface area (TPSA) is 29.5 Å². The minimum Gasteiger partial charge on any atom is -0.463 e. The number of hydrogen-bond donors (Lipinski definition) is 0. The predicted molar refractivity (Wildman–Crippen MR) is 46.6 cm³/mol. The number of carbonyl (C=O) groups is 1. The molecule has 1 heterocycles. The van der Waals surface area contributed by atoms with Crippen LogP contribution >= 0.6 is 0 Å². The summed E-state index contributed by atoms with van der Waals surface area (Å²) in [5.41, 5.74) is 1.09. The van der Waals surface area contributed by atoms with Crippen LogP contribution in [0.4, 0.5) is 0 Å². The molecular formula is C9H15NO2. The van der Waals surface area contributed by atoms with E-state index in [9.17, 15) is 4.79 Å². The molecule has 1 aliphatic rings. The lowest BCUT2D eigenvalue weighted by atomic mass is 10.3. The molecule has 0 aromatic carbocycles. The van der Waals surface area contributed by atoms with Gasteiger partial charge in [0.2, 0.25) is 0 Å². The third kappa shape index (κ3) is 2.26. The molecule has 0 saturated carbocycles. The Morgan fingerprint density at radius 2 is 2.50 bits per heavy atom. The van der Waals surface area contributed by atoms with Crippen LogP contribution in [0.3, 0.4) is 0 Å². The number of likely N-dealkylation sites (tertiary alicyclic amines) is 1. The van der Waals surface area contributed by atoms with Gasteiger partial charge in [0.25, 0.3) is 0 Å². The first-order valence-electron chi connectivity index (χ1n) is 4.32. The van der Waals surface area contributed by atoms with Gasteiger partial charge in [0.05, 0.1) is 6.61 Å². The summed E-state index contributed by atoms with van der Waals surface area (Å²) in [6.45, 7) is 3.31. The third-order valence-corrected chi connectivity index (χ3v) is 1.99. The van der Waals surface area contributed by atoms with Gasteiger partial charge in [0, 0.05) is 25.4 Å². The molecule has 0 spiro atoms. The van der Waals surface area contributed by atoms with Gasteiger partial charge < -0.3 is 9.64 Å². The van der Waals surface area contributed by atoms with Crippen molar-refractivity contribution in [1.29, 1.82) is 0 Å². The summed E-state index contributed by atoms with van der Waals surface area (Å²) < 4.78 is 4.81. The van der Waals surface area contributed by atoms with E-state index in [-0.39, 0.29) is 5.97 Å². The van der Waals surface area contributed by atoms with Crippen LogP contribution in [0.2, 0.25) is 0 Å². The number of esters is 1. The van der Waals surface area contributed by atoms with Crippen LogP contribution in [0.25, 0.3) is 0 Å². The largest absolute Gasteiger partial charge is 0.463 e. The number of nitrogens with zero attached hydrogens (tertiary/aromatic N) is 1. The smallest absolute Gasteiger partial charge is 0.332 e. The molecule has 0 bridgehead atoms. The lowest BCUT2D eigenvalue weighted by molar-refractivity contribution is -0.137. The first-order valence-corrected chi connectivity index (χ1v) is 4.32. The van der Waals surface area contributed by atoms with E-state index >= 15 is 0 Å². The number of carbonyl (C=O) groups excluding carboxylic acids is 1. The van der Waals surface area contributed by atoms with Crippen LogP contribution < -0.4 is 0 Å². The van der Waals surface area contributed by atoms with E-state index in [2.05, 4.69) is 4.90 Å². The van der Waals surface area contributed by atoms with E-state index in [4.69, 9.17) is 4.74 Å². The standard InChI is InChI=1S/C9H15NO2/c1-3-12-9(11)7-8-5-4-6-10(8)2/h7H,3-6H2,1-2H3/b8-7+. The fraction of sp³-hybridized carbons (Fsp3) is 0.667. The summed E-state index contributed by atoms with van der Waals surface area (Å²) in [7, 11) is 2.00. The highest BCUT2D eigenvalue weighted by Gasteiger charge is 2.13. The lowest BCUT2D eigenvalue weighted by Crippen LogP contribution is -2.12. The molecule has 3 nitrogen and oxygen atoms in total. The van der Waals surface area contributed by atoms with Gasteiger partial charge in [0.15, 0.2) is 0 Å². The van der Waals surface area contributed by atoms with Crippen LogP contribution in [0, 0.1) is 0 Å². The SMILES string of the molecule is CCOC(=O)/C=C1\CCCN1C. The molecule has 0 aromatic rings. The van der Waals surface area contributed by atoms with E-state index in [0.29, 0.717) is 6.61 Å². The van der Waals surface area contributed by atoms with Crippen LogP contribution in [0.5, 0.6) is 0 Å². The molecule has 1 rings (SSSR count). The normalized spacial score (nSPS) is 20.2. The van der Waals surface area contributed by atoms with Crippen molar-refractivity contribution in [2.24, 2.45) is 0 Å². The van der Waals surface area contributed by atoms with E-state index < -0.39 is 0 Å². The number of rotatable bonds is 2. The molecule has 1 saturated heterocycles. The molecule has 0 unspecified atom stereocenters. The summed E-state index contributed by atoms with van der Waals surface area (Å²) in [6.07, 6.45) is 3.73.